The van der Waals surface area contributed by atoms with E-state index in [4.69, 9.17) is 23.2 Å². The number of rotatable bonds is 2. The summed E-state index contributed by atoms with van der Waals surface area (Å²) in [7, 11) is 0. The van der Waals surface area contributed by atoms with Crippen LogP contribution in [0.4, 0.5) is 0 Å². The van der Waals surface area contributed by atoms with Gasteiger partial charge in [0.1, 0.15) is 11.6 Å². The summed E-state index contributed by atoms with van der Waals surface area (Å²) in [5, 5.41) is 13.7. The predicted molar refractivity (Wildman–Crippen MR) is 88.0 cm³/mol. The third kappa shape index (κ3) is 2.91. The van der Waals surface area contributed by atoms with Crippen molar-refractivity contribution in [3.63, 3.8) is 0 Å². The molecule has 0 fully saturated rings. The Hall–Kier alpha value is -1.55. The van der Waals surface area contributed by atoms with Crippen molar-refractivity contribution in [2.75, 3.05) is 0 Å². The van der Waals surface area contributed by atoms with Crippen LogP contribution in [0.3, 0.4) is 0 Å². The van der Waals surface area contributed by atoms with Crippen LogP contribution in [0.1, 0.15) is 5.82 Å². The first-order valence-electron chi connectivity index (χ1n) is 6.04. The van der Waals surface area contributed by atoms with Crippen LogP contribution in [-0.4, -0.2) is 4.98 Å². The molecule has 1 heterocycles. The molecule has 108 valence electrons. The van der Waals surface area contributed by atoms with Gasteiger partial charge in [-0.3, -0.25) is 0 Å². The van der Waals surface area contributed by atoms with Crippen molar-refractivity contribution in [3.8, 4) is 11.3 Å². The molecule has 0 atom stereocenters. The Kier molecular flexibility index (Phi) is 4.88. The molecule has 0 aliphatic heterocycles. The molecule has 21 heavy (non-hydrogen) atoms. The lowest BCUT2D eigenvalue weighted by atomic mass is 10.1. The van der Waals surface area contributed by atoms with Gasteiger partial charge in [0, 0.05) is 10.6 Å². The lowest BCUT2D eigenvalue weighted by Gasteiger charge is -2.13. The van der Waals surface area contributed by atoms with E-state index in [-0.39, 0.29) is 24.1 Å². The fraction of sp³-hybridized carbons (Fsp3) is 0.0667. The second-order valence-electron chi connectivity index (χ2n) is 4.33. The van der Waals surface area contributed by atoms with Gasteiger partial charge in [0.2, 0.25) is 0 Å². The third-order valence-corrected chi connectivity index (χ3v) is 3.54. The highest BCUT2D eigenvalue weighted by molar-refractivity contribution is 6.31. The molecule has 0 unspecified atom stereocenters. The summed E-state index contributed by atoms with van der Waals surface area (Å²) < 4.78 is 0.779. The SMILES string of the molecule is Cl.[O-][n+]1c(CCl)nc2ccc(Cl)cc2c1-c1ccccc1. The number of aromatic nitrogens is 2. The highest BCUT2D eigenvalue weighted by Gasteiger charge is 2.19. The fourth-order valence-electron chi connectivity index (χ4n) is 2.17. The maximum Gasteiger partial charge on any atom is 0.317 e. The Bertz CT molecular complexity index is 779. The monoisotopic (exact) mass is 340 g/mol. The van der Waals surface area contributed by atoms with E-state index in [1.807, 2.05) is 30.3 Å². The molecular weight excluding hydrogens is 331 g/mol. The molecule has 0 radical (unpaired) electrons. The zero-order chi connectivity index (χ0) is 14.1. The van der Waals surface area contributed by atoms with Crippen molar-refractivity contribution in [2.45, 2.75) is 5.88 Å². The van der Waals surface area contributed by atoms with Crippen molar-refractivity contribution in [2.24, 2.45) is 0 Å². The molecular formula is C15H11Cl3N2O. The predicted octanol–water partition coefficient (Wildman–Crippen LogP) is 4.35. The average molecular weight is 342 g/mol. The minimum atomic E-state index is 0. The largest absolute Gasteiger partial charge is 0.710 e. The number of alkyl halides is 1. The number of hydrogen-bond acceptors (Lipinski definition) is 2. The lowest BCUT2D eigenvalue weighted by molar-refractivity contribution is -0.603. The van der Waals surface area contributed by atoms with Crippen LogP contribution in [0.2, 0.25) is 5.02 Å². The zero-order valence-electron chi connectivity index (χ0n) is 10.8. The Morgan fingerprint density at radius 1 is 1.10 bits per heavy atom. The topological polar surface area (TPSA) is 39.8 Å². The summed E-state index contributed by atoms with van der Waals surface area (Å²) in [5.74, 6) is 0.336. The molecule has 6 heteroatoms. The molecule has 0 bridgehead atoms. The average Bonchev–Trinajstić information content (AvgIpc) is 2.47. The molecule has 0 saturated carbocycles. The highest BCUT2D eigenvalue weighted by atomic mass is 35.5. The number of nitrogens with zero attached hydrogens (tertiary/aromatic N) is 2. The molecule has 0 saturated heterocycles. The molecule has 0 aliphatic rings. The van der Waals surface area contributed by atoms with Gasteiger partial charge in [-0.2, -0.15) is 0 Å². The first-order valence-corrected chi connectivity index (χ1v) is 6.95. The minimum absolute atomic E-state index is 0. The van der Waals surface area contributed by atoms with Crippen LogP contribution in [0.25, 0.3) is 22.2 Å². The van der Waals surface area contributed by atoms with Gasteiger partial charge in [0.05, 0.1) is 5.39 Å². The van der Waals surface area contributed by atoms with Gasteiger partial charge in [-0.1, -0.05) is 41.9 Å². The van der Waals surface area contributed by atoms with Crippen molar-refractivity contribution in [1.82, 2.24) is 4.98 Å². The maximum absolute atomic E-state index is 12.5. The number of halogens is 3. The summed E-state index contributed by atoms with van der Waals surface area (Å²) in [6, 6.07) is 14.7. The van der Waals surface area contributed by atoms with E-state index >= 15 is 0 Å². The normalized spacial score (nSPS) is 10.4. The van der Waals surface area contributed by atoms with Gasteiger partial charge >= 0.3 is 5.82 Å². The van der Waals surface area contributed by atoms with Crippen molar-refractivity contribution >= 4 is 46.5 Å². The van der Waals surface area contributed by atoms with Crippen molar-refractivity contribution < 1.29 is 4.73 Å². The molecule has 0 aliphatic carbocycles. The van der Waals surface area contributed by atoms with E-state index in [9.17, 15) is 5.21 Å². The smallest absolute Gasteiger partial charge is 0.317 e. The maximum atomic E-state index is 12.5. The van der Waals surface area contributed by atoms with Gasteiger partial charge < -0.3 is 5.21 Å². The second kappa shape index (κ2) is 6.48. The lowest BCUT2D eigenvalue weighted by Crippen LogP contribution is -2.35. The molecule has 0 N–H and O–H groups in total. The van der Waals surface area contributed by atoms with Crippen molar-refractivity contribution in [3.05, 3.63) is 64.6 Å². The van der Waals surface area contributed by atoms with E-state index in [0.29, 0.717) is 21.6 Å². The summed E-state index contributed by atoms with van der Waals surface area (Å²) in [6.45, 7) is 0. The van der Waals surface area contributed by atoms with Crippen LogP contribution in [0, 0.1) is 5.21 Å². The minimum Gasteiger partial charge on any atom is -0.710 e. The molecule has 0 amide bonds. The summed E-state index contributed by atoms with van der Waals surface area (Å²) in [5.41, 5.74) is 2.04. The Morgan fingerprint density at radius 2 is 1.81 bits per heavy atom. The number of fused-ring (bicyclic) bond motifs is 1. The van der Waals surface area contributed by atoms with Crippen LogP contribution in [-0.2, 0) is 5.88 Å². The summed E-state index contributed by atoms with van der Waals surface area (Å²) >= 11 is 11.9. The molecule has 3 rings (SSSR count). The highest BCUT2D eigenvalue weighted by Crippen LogP contribution is 2.27. The van der Waals surface area contributed by atoms with E-state index in [2.05, 4.69) is 4.98 Å². The van der Waals surface area contributed by atoms with Crippen molar-refractivity contribution in [1.29, 1.82) is 0 Å². The Labute approximate surface area is 138 Å². The molecule has 2 aromatic carbocycles. The van der Waals surface area contributed by atoms with Crippen LogP contribution in [0.5, 0.6) is 0 Å². The molecule has 0 spiro atoms. The van der Waals surface area contributed by atoms with E-state index in [0.717, 1.165) is 10.3 Å². The zero-order valence-corrected chi connectivity index (χ0v) is 13.1. The van der Waals surface area contributed by atoms with Gasteiger partial charge in [-0.25, -0.2) is 4.73 Å². The van der Waals surface area contributed by atoms with Gasteiger partial charge in [-0.05, 0) is 23.2 Å². The van der Waals surface area contributed by atoms with Gasteiger partial charge in [0.25, 0.3) is 0 Å². The van der Waals surface area contributed by atoms with E-state index in [1.165, 1.54) is 0 Å². The third-order valence-electron chi connectivity index (χ3n) is 3.07. The summed E-state index contributed by atoms with van der Waals surface area (Å²) in [4.78, 5) is 4.28. The Morgan fingerprint density at radius 3 is 2.48 bits per heavy atom. The molecule has 1 aromatic heterocycles. The van der Waals surface area contributed by atoms with E-state index < -0.39 is 0 Å². The van der Waals surface area contributed by atoms with Crippen LogP contribution >= 0.6 is 35.6 Å². The number of hydrogen-bond donors (Lipinski definition) is 0. The number of benzene rings is 2. The Balaban J connectivity index is 0.00000161. The summed E-state index contributed by atoms with van der Waals surface area (Å²) in [6.07, 6.45) is 0. The first-order chi connectivity index (χ1) is 9.70. The molecule has 3 aromatic rings. The van der Waals surface area contributed by atoms with E-state index in [1.54, 1.807) is 18.2 Å². The van der Waals surface area contributed by atoms with Crippen LogP contribution < -0.4 is 4.73 Å². The van der Waals surface area contributed by atoms with Gasteiger partial charge in [0.15, 0.2) is 5.52 Å². The first kappa shape index (κ1) is 15.8. The van der Waals surface area contributed by atoms with Gasteiger partial charge in [-0.15, -0.1) is 24.0 Å². The fourth-order valence-corrected chi connectivity index (χ4v) is 2.51. The second-order valence-corrected chi connectivity index (χ2v) is 5.04. The standard InChI is InChI=1S/C15H10Cl2N2O.ClH/c16-9-14-18-13-7-6-11(17)8-12(13)15(19(14)20)10-4-2-1-3-5-10;/h1-8H,9H2;1H. The van der Waals surface area contributed by atoms with Crippen LogP contribution in [0.15, 0.2) is 48.5 Å². The molecule has 3 nitrogen and oxygen atoms in total. The quantitative estimate of drug-likeness (QED) is 0.395.